The highest BCUT2D eigenvalue weighted by atomic mass is 16.6. The van der Waals surface area contributed by atoms with Crippen LogP contribution in [0, 0.1) is 11.8 Å². The van der Waals surface area contributed by atoms with Gasteiger partial charge in [0.05, 0.1) is 0 Å². The highest BCUT2D eigenvalue weighted by Crippen LogP contribution is 2.05. The summed E-state index contributed by atoms with van der Waals surface area (Å²) in [6.07, 6.45) is 3.17. The van der Waals surface area contributed by atoms with Gasteiger partial charge in [-0.3, -0.25) is 14.6 Å². The van der Waals surface area contributed by atoms with E-state index in [0.29, 0.717) is 5.56 Å². The Hall–Kier alpha value is -2.35. The van der Waals surface area contributed by atoms with E-state index in [1.165, 1.54) is 0 Å². The number of esters is 1. The Balaban J connectivity index is 2.41. The summed E-state index contributed by atoms with van der Waals surface area (Å²) in [4.78, 5) is 26.6. The standard InChI is InChI=1S/C14H16N2O3/c1-14(2,3)19-13(18)10-16-12(17)7-6-11-5-4-8-15-9-11/h4-5,8-9H,10H2,1-3H3,(H,16,17). The number of hydrogen-bond acceptors (Lipinski definition) is 4. The Morgan fingerprint density at radius 3 is 2.74 bits per heavy atom. The van der Waals surface area contributed by atoms with E-state index in [-0.39, 0.29) is 6.54 Å². The highest BCUT2D eigenvalue weighted by molar-refractivity contribution is 5.95. The van der Waals surface area contributed by atoms with Gasteiger partial charge < -0.3 is 10.1 Å². The molecule has 0 saturated carbocycles. The van der Waals surface area contributed by atoms with Gasteiger partial charge in [0.2, 0.25) is 0 Å². The predicted octanol–water partition coefficient (Wildman–Crippen LogP) is 0.891. The minimum Gasteiger partial charge on any atom is -0.459 e. The fraction of sp³-hybridized carbons (Fsp3) is 0.357. The molecule has 100 valence electrons. The lowest BCUT2D eigenvalue weighted by Gasteiger charge is -2.19. The lowest BCUT2D eigenvalue weighted by molar-refractivity contribution is -0.154. The molecule has 0 aliphatic heterocycles. The van der Waals surface area contributed by atoms with Gasteiger partial charge in [-0.15, -0.1) is 0 Å². The molecule has 5 nitrogen and oxygen atoms in total. The molecule has 0 atom stereocenters. The molecule has 0 aromatic carbocycles. The molecule has 0 unspecified atom stereocenters. The molecule has 0 saturated heterocycles. The van der Waals surface area contributed by atoms with Gasteiger partial charge in [-0.25, -0.2) is 0 Å². The lowest BCUT2D eigenvalue weighted by atomic mass is 10.2. The van der Waals surface area contributed by atoms with Crippen LogP contribution in [-0.4, -0.2) is 29.0 Å². The highest BCUT2D eigenvalue weighted by Gasteiger charge is 2.16. The molecule has 1 aromatic heterocycles. The summed E-state index contributed by atoms with van der Waals surface area (Å²) in [6.45, 7) is 5.08. The Morgan fingerprint density at radius 1 is 1.42 bits per heavy atom. The van der Waals surface area contributed by atoms with Gasteiger partial charge >= 0.3 is 5.97 Å². The van der Waals surface area contributed by atoms with Gasteiger partial charge in [-0.05, 0) is 32.9 Å². The van der Waals surface area contributed by atoms with Crippen LogP contribution in [0.2, 0.25) is 0 Å². The molecule has 0 aliphatic carbocycles. The fourth-order valence-electron chi connectivity index (χ4n) is 1.14. The normalized spacial score (nSPS) is 10.1. The number of ether oxygens (including phenoxy) is 1. The monoisotopic (exact) mass is 260 g/mol. The second-order valence-electron chi connectivity index (χ2n) is 4.76. The number of amides is 1. The maximum absolute atomic E-state index is 11.4. The third kappa shape index (κ3) is 6.84. The van der Waals surface area contributed by atoms with E-state index in [0.717, 1.165) is 0 Å². The zero-order chi connectivity index (χ0) is 14.3. The largest absolute Gasteiger partial charge is 0.459 e. The average Bonchev–Trinajstić information content (AvgIpc) is 2.33. The zero-order valence-corrected chi connectivity index (χ0v) is 11.2. The third-order valence-corrected chi connectivity index (χ3v) is 1.80. The van der Waals surface area contributed by atoms with Crippen molar-refractivity contribution in [1.29, 1.82) is 0 Å². The summed E-state index contributed by atoms with van der Waals surface area (Å²) in [5, 5.41) is 2.37. The van der Waals surface area contributed by atoms with Gasteiger partial charge in [0.1, 0.15) is 12.1 Å². The van der Waals surface area contributed by atoms with Gasteiger partial charge in [0.15, 0.2) is 0 Å². The van der Waals surface area contributed by atoms with E-state index in [1.54, 1.807) is 45.3 Å². The molecule has 0 radical (unpaired) electrons. The topological polar surface area (TPSA) is 68.3 Å². The molecule has 0 spiro atoms. The van der Waals surface area contributed by atoms with Crippen molar-refractivity contribution in [3.05, 3.63) is 30.1 Å². The minimum atomic E-state index is -0.566. The van der Waals surface area contributed by atoms with Crippen LogP contribution in [0.15, 0.2) is 24.5 Å². The molecular weight excluding hydrogens is 244 g/mol. The van der Waals surface area contributed by atoms with Crippen LogP contribution in [-0.2, 0) is 14.3 Å². The molecule has 1 heterocycles. The van der Waals surface area contributed by atoms with Crippen molar-refractivity contribution in [3.63, 3.8) is 0 Å². The number of nitrogens with one attached hydrogen (secondary N) is 1. The van der Waals surface area contributed by atoms with Crippen molar-refractivity contribution in [2.75, 3.05) is 6.54 Å². The summed E-state index contributed by atoms with van der Waals surface area (Å²) >= 11 is 0. The lowest BCUT2D eigenvalue weighted by Crippen LogP contribution is -2.34. The van der Waals surface area contributed by atoms with Crippen LogP contribution in [0.5, 0.6) is 0 Å². The van der Waals surface area contributed by atoms with Crippen LogP contribution in [0.4, 0.5) is 0 Å². The quantitative estimate of drug-likeness (QED) is 0.633. The Bertz CT molecular complexity index is 507. The van der Waals surface area contributed by atoms with Crippen LogP contribution in [0.3, 0.4) is 0 Å². The van der Waals surface area contributed by atoms with E-state index in [4.69, 9.17) is 4.74 Å². The summed E-state index contributed by atoms with van der Waals surface area (Å²) in [5.41, 5.74) is 0.0679. The van der Waals surface area contributed by atoms with Crippen LogP contribution in [0.1, 0.15) is 26.3 Å². The second kappa shape index (κ2) is 6.55. The molecule has 1 rings (SSSR count). The molecule has 1 amide bonds. The summed E-state index contributed by atoms with van der Waals surface area (Å²) in [7, 11) is 0. The first-order chi connectivity index (χ1) is 8.87. The van der Waals surface area contributed by atoms with Crippen molar-refractivity contribution in [3.8, 4) is 11.8 Å². The third-order valence-electron chi connectivity index (χ3n) is 1.80. The summed E-state index contributed by atoms with van der Waals surface area (Å²) in [6, 6.07) is 3.46. The zero-order valence-electron chi connectivity index (χ0n) is 11.2. The summed E-state index contributed by atoms with van der Waals surface area (Å²) < 4.78 is 5.04. The average molecular weight is 260 g/mol. The Morgan fingerprint density at radius 2 is 2.16 bits per heavy atom. The molecule has 0 fully saturated rings. The van der Waals surface area contributed by atoms with Gasteiger partial charge in [0, 0.05) is 23.9 Å². The van der Waals surface area contributed by atoms with Crippen LogP contribution < -0.4 is 5.32 Å². The molecule has 0 aliphatic rings. The molecular formula is C14H16N2O3. The number of pyridine rings is 1. The van der Waals surface area contributed by atoms with Crippen molar-refractivity contribution in [2.45, 2.75) is 26.4 Å². The minimum absolute atomic E-state index is 0.197. The Labute approximate surface area is 112 Å². The molecule has 19 heavy (non-hydrogen) atoms. The fourth-order valence-corrected chi connectivity index (χ4v) is 1.14. The second-order valence-corrected chi connectivity index (χ2v) is 4.76. The van der Waals surface area contributed by atoms with Crippen molar-refractivity contribution in [1.82, 2.24) is 10.3 Å². The number of nitrogens with zero attached hydrogens (tertiary/aromatic N) is 1. The number of carbonyl (C=O) groups excluding carboxylic acids is 2. The molecule has 0 bridgehead atoms. The molecule has 1 aromatic rings. The maximum Gasteiger partial charge on any atom is 0.325 e. The Kier molecular flexibility index (Phi) is 5.07. The smallest absolute Gasteiger partial charge is 0.325 e. The van der Waals surface area contributed by atoms with Crippen molar-refractivity contribution >= 4 is 11.9 Å². The van der Waals surface area contributed by atoms with Gasteiger partial charge in [-0.2, -0.15) is 0 Å². The number of aromatic nitrogens is 1. The van der Waals surface area contributed by atoms with E-state index in [1.807, 2.05) is 0 Å². The van der Waals surface area contributed by atoms with E-state index >= 15 is 0 Å². The van der Waals surface area contributed by atoms with Crippen molar-refractivity contribution in [2.24, 2.45) is 0 Å². The van der Waals surface area contributed by atoms with E-state index < -0.39 is 17.5 Å². The maximum atomic E-state index is 11.4. The molecule has 1 N–H and O–H groups in total. The summed E-state index contributed by atoms with van der Waals surface area (Å²) in [5.74, 6) is 3.98. The number of hydrogen-bond donors (Lipinski definition) is 1. The SMILES string of the molecule is CC(C)(C)OC(=O)CNC(=O)C#Cc1cccnc1. The van der Waals surface area contributed by atoms with Crippen LogP contribution >= 0.6 is 0 Å². The first-order valence-corrected chi connectivity index (χ1v) is 5.78. The molecule has 5 heteroatoms. The number of carbonyl (C=O) groups is 2. The van der Waals surface area contributed by atoms with E-state index in [2.05, 4.69) is 22.1 Å². The first-order valence-electron chi connectivity index (χ1n) is 5.78. The van der Waals surface area contributed by atoms with E-state index in [9.17, 15) is 9.59 Å². The van der Waals surface area contributed by atoms with Crippen LogP contribution in [0.25, 0.3) is 0 Å². The van der Waals surface area contributed by atoms with Gasteiger partial charge in [0.25, 0.3) is 5.91 Å². The van der Waals surface area contributed by atoms with Crippen molar-refractivity contribution < 1.29 is 14.3 Å². The number of rotatable bonds is 2. The first kappa shape index (κ1) is 14.7. The van der Waals surface area contributed by atoms with Gasteiger partial charge in [-0.1, -0.05) is 5.92 Å². The predicted molar refractivity (Wildman–Crippen MR) is 70.0 cm³/mol.